The van der Waals surface area contributed by atoms with Crippen LogP contribution in [-0.2, 0) is 14.4 Å². The molecule has 5 nitrogen and oxygen atoms in total. The van der Waals surface area contributed by atoms with E-state index in [2.05, 4.69) is 11.7 Å². The number of aliphatic hydroxyl groups excluding tert-OH is 1. The standard InChI is InChI=1S/C18H24ClNO4/c1-3-8-14(20-23-12-13(2)19)16-15(21)11-18(24-17(16)22)9-6-4-5-7-10-18/h6,9,21H,2-5,7-8,10-12H2,1H3/b20-14-. The lowest BCUT2D eigenvalue weighted by atomic mass is 9.87. The molecule has 1 heterocycles. The highest BCUT2D eigenvalue weighted by atomic mass is 35.5. The van der Waals surface area contributed by atoms with Gasteiger partial charge in [-0.25, -0.2) is 4.79 Å². The first kappa shape index (κ1) is 18.6. The molecule has 2 aliphatic rings. The predicted molar refractivity (Wildman–Crippen MR) is 94.0 cm³/mol. The molecule has 1 spiro atoms. The number of hydrogen-bond acceptors (Lipinski definition) is 5. The fourth-order valence-corrected chi connectivity index (χ4v) is 3.03. The third-order valence-corrected chi connectivity index (χ3v) is 4.18. The van der Waals surface area contributed by atoms with Gasteiger partial charge in [0, 0.05) is 6.42 Å². The van der Waals surface area contributed by atoms with E-state index in [4.69, 9.17) is 21.2 Å². The summed E-state index contributed by atoms with van der Waals surface area (Å²) >= 11 is 5.64. The Bertz CT molecular complexity index is 594. The van der Waals surface area contributed by atoms with Crippen molar-refractivity contribution in [1.29, 1.82) is 0 Å². The highest BCUT2D eigenvalue weighted by Crippen LogP contribution is 2.37. The fourth-order valence-electron chi connectivity index (χ4n) is 2.98. The first-order valence-corrected chi connectivity index (χ1v) is 8.71. The molecule has 0 saturated heterocycles. The number of hydrogen-bond donors (Lipinski definition) is 1. The summed E-state index contributed by atoms with van der Waals surface area (Å²) in [5, 5.41) is 14.8. The number of carbonyl (C=O) groups excluding carboxylic acids is 1. The molecule has 1 N–H and O–H groups in total. The first-order valence-electron chi connectivity index (χ1n) is 8.33. The molecular formula is C18H24ClNO4. The Balaban J connectivity index is 2.26. The average Bonchev–Trinajstić information content (AvgIpc) is 2.71. The van der Waals surface area contributed by atoms with E-state index in [9.17, 15) is 9.90 Å². The number of nitrogens with zero attached hydrogens (tertiary/aromatic N) is 1. The van der Waals surface area contributed by atoms with Gasteiger partial charge in [-0.15, -0.1) is 0 Å². The molecule has 1 unspecified atom stereocenters. The van der Waals surface area contributed by atoms with E-state index in [0.717, 1.165) is 32.1 Å². The van der Waals surface area contributed by atoms with E-state index in [1.807, 2.05) is 19.1 Å². The van der Waals surface area contributed by atoms with Crippen LogP contribution >= 0.6 is 11.6 Å². The second-order valence-corrected chi connectivity index (χ2v) is 6.71. The smallest absolute Gasteiger partial charge is 0.344 e. The van der Waals surface area contributed by atoms with E-state index in [1.54, 1.807) is 0 Å². The van der Waals surface area contributed by atoms with Crippen molar-refractivity contribution in [2.24, 2.45) is 5.16 Å². The van der Waals surface area contributed by atoms with E-state index < -0.39 is 11.6 Å². The van der Waals surface area contributed by atoms with Gasteiger partial charge < -0.3 is 14.7 Å². The van der Waals surface area contributed by atoms with Gasteiger partial charge in [-0.3, -0.25) is 0 Å². The molecule has 1 aliphatic heterocycles. The van der Waals surface area contributed by atoms with Crippen molar-refractivity contribution in [2.75, 3.05) is 6.61 Å². The summed E-state index contributed by atoms with van der Waals surface area (Å²) < 4.78 is 5.71. The zero-order valence-corrected chi connectivity index (χ0v) is 14.8. The molecule has 1 atom stereocenters. The molecule has 24 heavy (non-hydrogen) atoms. The molecule has 132 valence electrons. The zero-order chi connectivity index (χ0) is 17.6. The molecular weight excluding hydrogens is 330 g/mol. The van der Waals surface area contributed by atoms with Crippen LogP contribution < -0.4 is 0 Å². The number of ether oxygens (including phenoxy) is 1. The number of aliphatic hydroxyl groups is 1. The van der Waals surface area contributed by atoms with Gasteiger partial charge in [-0.05, 0) is 38.2 Å². The second kappa shape index (κ2) is 8.38. The van der Waals surface area contributed by atoms with Crippen molar-refractivity contribution < 1.29 is 19.5 Å². The van der Waals surface area contributed by atoms with Crippen LogP contribution in [0.15, 0.2) is 40.3 Å². The average molecular weight is 354 g/mol. The lowest BCUT2D eigenvalue weighted by Gasteiger charge is -2.34. The molecule has 0 amide bonds. The second-order valence-electron chi connectivity index (χ2n) is 6.18. The van der Waals surface area contributed by atoms with Gasteiger partial charge in [-0.2, -0.15) is 0 Å². The van der Waals surface area contributed by atoms with Gasteiger partial charge in [0.2, 0.25) is 0 Å². The van der Waals surface area contributed by atoms with Crippen molar-refractivity contribution in [3.8, 4) is 0 Å². The van der Waals surface area contributed by atoms with Gasteiger partial charge in [0.1, 0.15) is 16.9 Å². The van der Waals surface area contributed by atoms with Crippen LogP contribution in [-0.4, -0.2) is 29.0 Å². The van der Waals surface area contributed by atoms with E-state index in [1.165, 1.54) is 0 Å². The highest BCUT2D eigenvalue weighted by molar-refractivity contribution is 6.29. The number of halogens is 1. The normalized spacial score (nSPS) is 24.8. The molecule has 0 aromatic carbocycles. The quantitative estimate of drug-likeness (QED) is 0.329. The summed E-state index contributed by atoms with van der Waals surface area (Å²) in [6.45, 7) is 5.52. The maximum atomic E-state index is 12.5. The van der Waals surface area contributed by atoms with Crippen LogP contribution in [0.25, 0.3) is 0 Å². The van der Waals surface area contributed by atoms with Crippen LogP contribution in [0.5, 0.6) is 0 Å². The molecule has 0 saturated carbocycles. The summed E-state index contributed by atoms with van der Waals surface area (Å²) in [5.41, 5.74) is -0.241. The van der Waals surface area contributed by atoms with Crippen molar-refractivity contribution >= 4 is 23.3 Å². The Morgan fingerprint density at radius 3 is 3.00 bits per heavy atom. The number of carbonyl (C=O) groups is 1. The van der Waals surface area contributed by atoms with Crippen LogP contribution in [0, 0.1) is 0 Å². The van der Waals surface area contributed by atoms with Crippen molar-refractivity contribution in [2.45, 2.75) is 57.5 Å². The Hall–Kier alpha value is -1.75. The van der Waals surface area contributed by atoms with Gasteiger partial charge in [0.25, 0.3) is 0 Å². The number of allylic oxidation sites excluding steroid dienone is 1. The predicted octanol–water partition coefficient (Wildman–Crippen LogP) is 4.54. The minimum atomic E-state index is -0.732. The highest BCUT2D eigenvalue weighted by Gasteiger charge is 2.41. The fraction of sp³-hybridized carbons (Fsp3) is 0.556. The summed E-state index contributed by atoms with van der Waals surface area (Å²) in [7, 11) is 0. The van der Waals surface area contributed by atoms with Crippen molar-refractivity contribution in [1.82, 2.24) is 0 Å². The summed E-state index contributed by atoms with van der Waals surface area (Å²) in [4.78, 5) is 17.7. The monoisotopic (exact) mass is 353 g/mol. The Kier molecular flexibility index (Phi) is 6.49. The zero-order valence-electron chi connectivity index (χ0n) is 14.0. The van der Waals surface area contributed by atoms with Crippen LogP contribution in [0.1, 0.15) is 51.9 Å². The molecule has 6 heteroatoms. The third-order valence-electron chi connectivity index (χ3n) is 4.07. The third kappa shape index (κ3) is 4.63. The lowest BCUT2D eigenvalue weighted by Crippen LogP contribution is -2.40. The maximum Gasteiger partial charge on any atom is 0.344 e. The minimum absolute atomic E-state index is 0.0123. The van der Waals surface area contributed by atoms with Crippen LogP contribution in [0.4, 0.5) is 0 Å². The molecule has 0 aromatic rings. The molecule has 0 aromatic heterocycles. The summed E-state index contributed by atoms with van der Waals surface area (Å²) in [6, 6.07) is 0. The van der Waals surface area contributed by atoms with E-state index in [0.29, 0.717) is 17.2 Å². The number of oxime groups is 1. The minimum Gasteiger partial charge on any atom is -0.511 e. The van der Waals surface area contributed by atoms with Crippen LogP contribution in [0.3, 0.4) is 0 Å². The summed E-state index contributed by atoms with van der Waals surface area (Å²) in [6.07, 6.45) is 9.15. The largest absolute Gasteiger partial charge is 0.511 e. The van der Waals surface area contributed by atoms with Crippen molar-refractivity contribution in [3.05, 3.63) is 35.1 Å². The van der Waals surface area contributed by atoms with Gasteiger partial charge in [0.05, 0.1) is 10.7 Å². The van der Waals surface area contributed by atoms with Crippen LogP contribution in [0.2, 0.25) is 0 Å². The molecule has 0 fully saturated rings. The van der Waals surface area contributed by atoms with Gasteiger partial charge in [0.15, 0.2) is 6.61 Å². The molecule has 0 bridgehead atoms. The first-order chi connectivity index (χ1) is 11.5. The lowest BCUT2D eigenvalue weighted by molar-refractivity contribution is -0.153. The Labute approximate surface area is 147 Å². The van der Waals surface area contributed by atoms with E-state index in [-0.39, 0.29) is 24.4 Å². The topological polar surface area (TPSA) is 68.1 Å². The molecule has 1 aliphatic carbocycles. The Morgan fingerprint density at radius 1 is 1.54 bits per heavy atom. The van der Waals surface area contributed by atoms with Gasteiger partial charge in [-0.1, -0.05) is 42.8 Å². The SMILES string of the molecule is C=C(Cl)CO/N=C(/CCC)C1=C(O)CC2(C=CCCCC2)OC1=O. The van der Waals surface area contributed by atoms with Gasteiger partial charge >= 0.3 is 5.97 Å². The van der Waals surface area contributed by atoms with Crippen molar-refractivity contribution in [3.63, 3.8) is 0 Å². The molecule has 2 rings (SSSR count). The summed E-state index contributed by atoms with van der Waals surface area (Å²) in [5.74, 6) is -0.538. The number of rotatable bonds is 6. The number of esters is 1. The van der Waals surface area contributed by atoms with E-state index >= 15 is 0 Å². The maximum absolute atomic E-state index is 12.5. The Morgan fingerprint density at radius 2 is 2.33 bits per heavy atom. The molecule has 0 radical (unpaired) electrons.